The Morgan fingerprint density at radius 2 is 2.27 bits per heavy atom. The van der Waals surface area contributed by atoms with Gasteiger partial charge >= 0.3 is 0 Å². The minimum atomic E-state index is 0.657. The van der Waals surface area contributed by atoms with Crippen LogP contribution in [0.1, 0.15) is 19.4 Å². The third-order valence-electron chi connectivity index (χ3n) is 1.41. The van der Waals surface area contributed by atoms with Gasteiger partial charge in [0.25, 0.3) is 0 Å². The number of nitrogens with zero attached hydrogens (tertiary/aromatic N) is 2. The molecule has 0 aromatic carbocycles. The van der Waals surface area contributed by atoms with Crippen molar-refractivity contribution >= 4 is 0 Å². The van der Waals surface area contributed by atoms with Crippen molar-refractivity contribution in [3.05, 3.63) is 18.1 Å². The van der Waals surface area contributed by atoms with Crippen LogP contribution in [0.15, 0.2) is 12.5 Å². The Morgan fingerprint density at radius 1 is 1.45 bits per heavy atom. The zero-order valence-corrected chi connectivity index (χ0v) is 6.87. The van der Waals surface area contributed by atoms with Crippen molar-refractivity contribution in [2.24, 2.45) is 0 Å². The van der Waals surface area contributed by atoms with Crippen LogP contribution < -0.4 is 4.74 Å². The molecule has 11 heavy (non-hydrogen) atoms. The van der Waals surface area contributed by atoms with Crippen LogP contribution in [0.25, 0.3) is 0 Å². The van der Waals surface area contributed by atoms with Crippen LogP contribution in [0.4, 0.5) is 0 Å². The van der Waals surface area contributed by atoms with E-state index in [4.69, 9.17) is 4.74 Å². The van der Waals surface area contributed by atoms with Gasteiger partial charge in [0.2, 0.25) is 5.88 Å². The summed E-state index contributed by atoms with van der Waals surface area (Å²) in [5.41, 5.74) is 1.06. The number of aromatic nitrogens is 2. The molecule has 60 valence electrons. The SMILES string of the molecule is CCOc1ncncc1CC. The lowest BCUT2D eigenvalue weighted by atomic mass is 10.2. The first-order valence-corrected chi connectivity index (χ1v) is 3.80. The summed E-state index contributed by atoms with van der Waals surface area (Å²) in [6, 6.07) is 0. The van der Waals surface area contributed by atoms with E-state index < -0.39 is 0 Å². The Balaban J connectivity index is 2.83. The Hall–Kier alpha value is -1.12. The molecule has 1 rings (SSSR count). The third-order valence-corrected chi connectivity index (χ3v) is 1.41. The fourth-order valence-electron chi connectivity index (χ4n) is 0.856. The van der Waals surface area contributed by atoms with Crippen LogP contribution in [0, 0.1) is 0 Å². The summed E-state index contributed by atoms with van der Waals surface area (Å²) in [6.07, 6.45) is 4.21. The lowest BCUT2D eigenvalue weighted by Gasteiger charge is -2.04. The average molecular weight is 152 g/mol. The van der Waals surface area contributed by atoms with Crippen LogP contribution in [0.3, 0.4) is 0 Å². The zero-order valence-electron chi connectivity index (χ0n) is 6.87. The highest BCUT2D eigenvalue weighted by atomic mass is 16.5. The number of hydrogen-bond donors (Lipinski definition) is 0. The molecule has 0 saturated carbocycles. The molecule has 3 nitrogen and oxygen atoms in total. The smallest absolute Gasteiger partial charge is 0.219 e. The molecule has 0 atom stereocenters. The molecule has 0 aliphatic carbocycles. The Morgan fingerprint density at radius 3 is 2.91 bits per heavy atom. The average Bonchev–Trinajstić information content (AvgIpc) is 2.06. The van der Waals surface area contributed by atoms with Crippen LogP contribution in [0.2, 0.25) is 0 Å². The quantitative estimate of drug-likeness (QED) is 0.657. The summed E-state index contributed by atoms with van der Waals surface area (Å²) in [6.45, 7) is 4.66. The van der Waals surface area contributed by atoms with Gasteiger partial charge in [-0.05, 0) is 13.3 Å². The topological polar surface area (TPSA) is 35.0 Å². The maximum Gasteiger partial charge on any atom is 0.219 e. The van der Waals surface area contributed by atoms with E-state index >= 15 is 0 Å². The summed E-state index contributed by atoms with van der Waals surface area (Å²) in [7, 11) is 0. The van der Waals surface area contributed by atoms with Gasteiger partial charge in [-0.3, -0.25) is 0 Å². The monoisotopic (exact) mass is 152 g/mol. The molecule has 0 bridgehead atoms. The van der Waals surface area contributed by atoms with Gasteiger partial charge < -0.3 is 4.74 Å². The molecular weight excluding hydrogens is 140 g/mol. The highest BCUT2D eigenvalue weighted by Gasteiger charge is 2.00. The molecule has 1 aromatic rings. The fraction of sp³-hybridized carbons (Fsp3) is 0.500. The van der Waals surface area contributed by atoms with Gasteiger partial charge in [0.05, 0.1) is 6.61 Å². The molecule has 0 radical (unpaired) electrons. The first-order chi connectivity index (χ1) is 5.38. The normalized spacial score (nSPS) is 9.64. The van der Waals surface area contributed by atoms with Crippen molar-refractivity contribution in [3.8, 4) is 5.88 Å². The van der Waals surface area contributed by atoms with Gasteiger partial charge in [0.1, 0.15) is 6.33 Å². The minimum absolute atomic E-state index is 0.657. The molecule has 0 N–H and O–H groups in total. The van der Waals surface area contributed by atoms with E-state index in [0.717, 1.165) is 12.0 Å². The highest BCUT2D eigenvalue weighted by Crippen LogP contribution is 2.12. The summed E-state index contributed by atoms with van der Waals surface area (Å²) in [5, 5.41) is 0. The number of aryl methyl sites for hydroxylation is 1. The molecule has 3 heteroatoms. The first-order valence-electron chi connectivity index (χ1n) is 3.80. The van der Waals surface area contributed by atoms with Crippen LogP contribution in [0.5, 0.6) is 5.88 Å². The molecule has 0 fully saturated rings. The largest absolute Gasteiger partial charge is 0.478 e. The molecule has 0 saturated heterocycles. The first kappa shape index (κ1) is 7.98. The third kappa shape index (κ3) is 1.90. The number of rotatable bonds is 3. The van der Waals surface area contributed by atoms with Crippen LogP contribution >= 0.6 is 0 Å². The van der Waals surface area contributed by atoms with E-state index in [1.165, 1.54) is 6.33 Å². The molecule has 0 aliphatic rings. The van der Waals surface area contributed by atoms with Crippen molar-refractivity contribution in [2.75, 3.05) is 6.61 Å². The fourth-order valence-corrected chi connectivity index (χ4v) is 0.856. The minimum Gasteiger partial charge on any atom is -0.478 e. The molecule has 1 aromatic heterocycles. The van der Waals surface area contributed by atoms with Crippen molar-refractivity contribution < 1.29 is 4.74 Å². The summed E-state index contributed by atoms with van der Waals surface area (Å²) in [4.78, 5) is 7.91. The predicted octanol–water partition coefficient (Wildman–Crippen LogP) is 1.44. The maximum absolute atomic E-state index is 5.28. The summed E-state index contributed by atoms with van der Waals surface area (Å²) >= 11 is 0. The second-order valence-corrected chi connectivity index (χ2v) is 2.14. The van der Waals surface area contributed by atoms with Crippen LogP contribution in [-0.4, -0.2) is 16.6 Å². The summed E-state index contributed by atoms with van der Waals surface area (Å²) < 4.78 is 5.28. The molecule has 0 amide bonds. The van der Waals surface area contributed by atoms with E-state index in [1.807, 2.05) is 6.92 Å². The van der Waals surface area contributed by atoms with Gasteiger partial charge in [-0.2, -0.15) is 0 Å². The number of ether oxygens (including phenoxy) is 1. The maximum atomic E-state index is 5.28. The zero-order chi connectivity index (χ0) is 8.10. The van der Waals surface area contributed by atoms with Gasteiger partial charge in [-0.25, -0.2) is 9.97 Å². The summed E-state index contributed by atoms with van der Waals surface area (Å²) in [5.74, 6) is 0.713. The van der Waals surface area contributed by atoms with Crippen molar-refractivity contribution in [2.45, 2.75) is 20.3 Å². The lowest BCUT2D eigenvalue weighted by molar-refractivity contribution is 0.322. The second kappa shape index (κ2) is 3.91. The van der Waals surface area contributed by atoms with E-state index in [9.17, 15) is 0 Å². The van der Waals surface area contributed by atoms with Crippen molar-refractivity contribution in [1.29, 1.82) is 0 Å². The van der Waals surface area contributed by atoms with E-state index in [2.05, 4.69) is 16.9 Å². The Kier molecular flexibility index (Phi) is 2.83. The van der Waals surface area contributed by atoms with E-state index in [0.29, 0.717) is 12.5 Å². The Labute approximate surface area is 66.4 Å². The second-order valence-electron chi connectivity index (χ2n) is 2.14. The van der Waals surface area contributed by atoms with Gasteiger partial charge in [-0.1, -0.05) is 6.92 Å². The van der Waals surface area contributed by atoms with Gasteiger partial charge in [0, 0.05) is 11.8 Å². The van der Waals surface area contributed by atoms with Gasteiger partial charge in [-0.15, -0.1) is 0 Å². The standard InChI is InChI=1S/C8H12N2O/c1-3-7-5-9-6-10-8(7)11-4-2/h5-6H,3-4H2,1-2H3. The molecule has 0 spiro atoms. The van der Waals surface area contributed by atoms with Crippen molar-refractivity contribution in [3.63, 3.8) is 0 Å². The van der Waals surface area contributed by atoms with Crippen LogP contribution in [-0.2, 0) is 6.42 Å². The highest BCUT2D eigenvalue weighted by molar-refractivity contribution is 5.21. The molecule has 1 heterocycles. The number of hydrogen-bond acceptors (Lipinski definition) is 3. The predicted molar refractivity (Wildman–Crippen MR) is 42.6 cm³/mol. The van der Waals surface area contributed by atoms with Crippen molar-refractivity contribution in [1.82, 2.24) is 9.97 Å². The Bertz CT molecular complexity index is 225. The lowest BCUT2D eigenvalue weighted by Crippen LogP contribution is -1.98. The van der Waals surface area contributed by atoms with E-state index in [-0.39, 0.29) is 0 Å². The van der Waals surface area contributed by atoms with E-state index in [1.54, 1.807) is 6.20 Å². The van der Waals surface area contributed by atoms with Gasteiger partial charge in [0.15, 0.2) is 0 Å². The molecular formula is C8H12N2O. The molecule has 0 unspecified atom stereocenters. The molecule has 0 aliphatic heterocycles.